The maximum absolute atomic E-state index is 12.9. The summed E-state index contributed by atoms with van der Waals surface area (Å²) in [6.45, 7) is 1.76. The van der Waals surface area contributed by atoms with Gasteiger partial charge in [0.05, 0.1) is 18.3 Å². The molecular formula is C18H15NO3S. The SMILES string of the molecule is COC(=O)C1=C(C)N(c2ccccc2)C(=O)/C1=C\c1cccs1. The maximum atomic E-state index is 12.9. The third kappa shape index (κ3) is 2.71. The zero-order valence-electron chi connectivity index (χ0n) is 12.8. The number of nitrogens with zero attached hydrogens (tertiary/aromatic N) is 1. The van der Waals surface area contributed by atoms with Crippen molar-refractivity contribution in [3.05, 3.63) is 69.6 Å². The quantitative estimate of drug-likeness (QED) is 0.639. The van der Waals surface area contributed by atoms with Gasteiger partial charge in [-0.05, 0) is 36.6 Å². The minimum atomic E-state index is -0.503. The number of carbonyl (C=O) groups excluding carboxylic acids is 2. The van der Waals surface area contributed by atoms with Crippen molar-refractivity contribution in [1.82, 2.24) is 0 Å². The minimum Gasteiger partial charge on any atom is -0.465 e. The van der Waals surface area contributed by atoms with Gasteiger partial charge in [0.25, 0.3) is 5.91 Å². The molecule has 0 radical (unpaired) electrons. The molecule has 0 saturated heterocycles. The van der Waals surface area contributed by atoms with E-state index in [4.69, 9.17) is 4.74 Å². The van der Waals surface area contributed by atoms with Crippen LogP contribution in [0.2, 0.25) is 0 Å². The summed E-state index contributed by atoms with van der Waals surface area (Å²) in [5.41, 5.74) is 1.98. The average Bonchev–Trinajstić information content (AvgIpc) is 3.15. The molecule has 0 bridgehead atoms. The molecule has 5 heteroatoms. The molecule has 0 spiro atoms. The number of thiophene rings is 1. The molecule has 2 heterocycles. The van der Waals surface area contributed by atoms with E-state index in [9.17, 15) is 9.59 Å². The van der Waals surface area contributed by atoms with Gasteiger partial charge in [0.1, 0.15) is 0 Å². The molecule has 1 aliphatic heterocycles. The van der Waals surface area contributed by atoms with Crippen LogP contribution in [0.5, 0.6) is 0 Å². The summed E-state index contributed by atoms with van der Waals surface area (Å²) in [5, 5.41) is 1.93. The number of amides is 1. The van der Waals surface area contributed by atoms with E-state index < -0.39 is 5.97 Å². The number of ether oxygens (including phenoxy) is 1. The van der Waals surface area contributed by atoms with Crippen LogP contribution in [0.1, 0.15) is 11.8 Å². The fraction of sp³-hybridized carbons (Fsp3) is 0.111. The minimum absolute atomic E-state index is 0.220. The zero-order chi connectivity index (χ0) is 16.4. The van der Waals surface area contributed by atoms with E-state index in [0.29, 0.717) is 16.8 Å². The molecule has 0 atom stereocenters. The molecule has 1 amide bonds. The molecule has 0 N–H and O–H groups in total. The lowest BCUT2D eigenvalue weighted by molar-refractivity contribution is -0.136. The van der Waals surface area contributed by atoms with Crippen molar-refractivity contribution in [2.45, 2.75) is 6.92 Å². The Balaban J connectivity index is 2.14. The lowest BCUT2D eigenvalue weighted by atomic mass is 10.1. The molecule has 2 aromatic rings. The third-order valence-corrected chi connectivity index (χ3v) is 4.45. The van der Waals surface area contributed by atoms with E-state index in [1.807, 2.05) is 47.8 Å². The Morgan fingerprint density at radius 3 is 2.52 bits per heavy atom. The van der Waals surface area contributed by atoms with Crippen LogP contribution in [-0.4, -0.2) is 19.0 Å². The number of benzene rings is 1. The van der Waals surface area contributed by atoms with Gasteiger partial charge in [-0.15, -0.1) is 11.3 Å². The molecule has 1 aliphatic rings. The van der Waals surface area contributed by atoms with Crippen LogP contribution in [0, 0.1) is 0 Å². The van der Waals surface area contributed by atoms with E-state index >= 15 is 0 Å². The second kappa shape index (κ2) is 6.22. The van der Waals surface area contributed by atoms with Crippen LogP contribution < -0.4 is 4.90 Å². The highest BCUT2D eigenvalue weighted by Crippen LogP contribution is 2.35. The number of hydrogen-bond acceptors (Lipinski definition) is 4. The number of esters is 1. The predicted molar refractivity (Wildman–Crippen MR) is 90.9 cm³/mol. The first kappa shape index (κ1) is 15.2. The van der Waals surface area contributed by atoms with Gasteiger partial charge in [-0.25, -0.2) is 4.79 Å². The second-order valence-corrected chi connectivity index (χ2v) is 5.98. The van der Waals surface area contributed by atoms with Gasteiger partial charge in [-0.3, -0.25) is 9.69 Å². The first-order valence-electron chi connectivity index (χ1n) is 7.07. The van der Waals surface area contributed by atoms with Crippen molar-refractivity contribution < 1.29 is 14.3 Å². The van der Waals surface area contributed by atoms with Crippen LogP contribution in [0.15, 0.2) is 64.7 Å². The summed E-state index contributed by atoms with van der Waals surface area (Å²) in [6, 6.07) is 13.1. The summed E-state index contributed by atoms with van der Waals surface area (Å²) in [4.78, 5) is 27.5. The number of para-hydroxylation sites is 1. The number of anilines is 1. The van der Waals surface area contributed by atoms with Crippen molar-refractivity contribution in [2.24, 2.45) is 0 Å². The van der Waals surface area contributed by atoms with Crippen molar-refractivity contribution in [3.8, 4) is 0 Å². The molecule has 1 aromatic carbocycles. The molecular weight excluding hydrogens is 310 g/mol. The molecule has 0 aliphatic carbocycles. The standard InChI is InChI=1S/C18H15NO3S/c1-12-16(18(21)22-2)15(11-14-9-6-10-23-14)17(20)19(12)13-7-4-3-5-8-13/h3-11H,1-2H3/b15-11-. The highest BCUT2D eigenvalue weighted by Gasteiger charge is 2.37. The van der Waals surface area contributed by atoms with Gasteiger partial charge in [0, 0.05) is 16.3 Å². The third-order valence-electron chi connectivity index (χ3n) is 3.63. The molecule has 23 heavy (non-hydrogen) atoms. The Morgan fingerprint density at radius 2 is 1.91 bits per heavy atom. The van der Waals surface area contributed by atoms with E-state index in [1.54, 1.807) is 17.9 Å². The first-order chi connectivity index (χ1) is 11.1. The summed E-state index contributed by atoms with van der Waals surface area (Å²) < 4.78 is 4.87. The topological polar surface area (TPSA) is 46.6 Å². The number of carbonyl (C=O) groups is 2. The van der Waals surface area contributed by atoms with Crippen molar-refractivity contribution in [1.29, 1.82) is 0 Å². The van der Waals surface area contributed by atoms with Gasteiger partial charge in [-0.2, -0.15) is 0 Å². The highest BCUT2D eigenvalue weighted by molar-refractivity contribution is 7.10. The molecule has 4 nitrogen and oxygen atoms in total. The van der Waals surface area contributed by atoms with Crippen molar-refractivity contribution in [3.63, 3.8) is 0 Å². The lowest BCUT2D eigenvalue weighted by Crippen LogP contribution is -2.24. The van der Waals surface area contributed by atoms with Gasteiger partial charge in [-0.1, -0.05) is 24.3 Å². The Kier molecular flexibility index (Phi) is 4.12. The van der Waals surface area contributed by atoms with Crippen LogP contribution in [-0.2, 0) is 14.3 Å². The van der Waals surface area contributed by atoms with Crippen molar-refractivity contribution in [2.75, 3.05) is 12.0 Å². The molecule has 0 fully saturated rings. The fourth-order valence-electron chi connectivity index (χ4n) is 2.58. The van der Waals surface area contributed by atoms with Crippen molar-refractivity contribution >= 4 is 35.0 Å². The fourth-order valence-corrected chi connectivity index (χ4v) is 3.24. The van der Waals surface area contributed by atoms with Crippen LogP contribution >= 0.6 is 11.3 Å². The van der Waals surface area contributed by atoms with E-state index in [1.165, 1.54) is 18.4 Å². The summed E-state index contributed by atoms with van der Waals surface area (Å²) >= 11 is 1.51. The largest absolute Gasteiger partial charge is 0.465 e. The van der Waals surface area contributed by atoms with E-state index in [-0.39, 0.29) is 5.91 Å². The summed E-state index contributed by atoms with van der Waals surface area (Å²) in [5.74, 6) is -0.723. The Labute approximate surface area is 138 Å². The molecule has 0 saturated carbocycles. The van der Waals surface area contributed by atoms with Gasteiger partial charge >= 0.3 is 5.97 Å². The molecule has 116 valence electrons. The van der Waals surface area contributed by atoms with E-state index in [0.717, 1.165) is 10.6 Å². The number of allylic oxidation sites excluding steroid dienone is 1. The number of hydrogen-bond donors (Lipinski definition) is 0. The van der Waals surface area contributed by atoms with Crippen LogP contribution in [0.25, 0.3) is 6.08 Å². The normalized spacial score (nSPS) is 16.3. The van der Waals surface area contributed by atoms with Crippen LogP contribution in [0.4, 0.5) is 5.69 Å². The summed E-state index contributed by atoms with van der Waals surface area (Å²) in [7, 11) is 1.32. The number of methoxy groups -OCH3 is 1. The lowest BCUT2D eigenvalue weighted by Gasteiger charge is -2.17. The summed E-state index contributed by atoms with van der Waals surface area (Å²) in [6.07, 6.45) is 1.74. The van der Waals surface area contributed by atoms with Gasteiger partial charge in [0.15, 0.2) is 0 Å². The zero-order valence-corrected chi connectivity index (χ0v) is 13.6. The molecule has 0 unspecified atom stereocenters. The predicted octanol–water partition coefficient (Wildman–Crippen LogP) is 3.63. The maximum Gasteiger partial charge on any atom is 0.340 e. The van der Waals surface area contributed by atoms with Gasteiger partial charge in [0.2, 0.25) is 0 Å². The van der Waals surface area contributed by atoms with Crippen LogP contribution in [0.3, 0.4) is 0 Å². The molecule has 1 aromatic heterocycles. The smallest absolute Gasteiger partial charge is 0.340 e. The monoisotopic (exact) mass is 325 g/mol. The average molecular weight is 325 g/mol. The second-order valence-electron chi connectivity index (χ2n) is 5.00. The van der Waals surface area contributed by atoms with Gasteiger partial charge < -0.3 is 4.74 Å². The molecule has 3 rings (SSSR count). The highest BCUT2D eigenvalue weighted by atomic mass is 32.1. The Morgan fingerprint density at radius 1 is 1.17 bits per heavy atom. The Bertz CT molecular complexity index is 804. The Hall–Kier alpha value is -2.66. The number of rotatable bonds is 3. The first-order valence-corrected chi connectivity index (χ1v) is 7.95. The van der Waals surface area contributed by atoms with E-state index in [2.05, 4.69) is 0 Å².